The Morgan fingerprint density at radius 2 is 2.14 bits per heavy atom. The lowest BCUT2D eigenvalue weighted by Crippen LogP contribution is -2.27. The van der Waals surface area contributed by atoms with Crippen LogP contribution in [0.2, 0.25) is 0 Å². The molecule has 9 heteroatoms. The van der Waals surface area contributed by atoms with Crippen LogP contribution >= 0.6 is 0 Å². The predicted octanol–water partition coefficient (Wildman–Crippen LogP) is 0.452. The average molecular weight is 308 g/mol. The molecule has 0 saturated carbocycles. The highest BCUT2D eigenvalue weighted by atomic mass is 19.1. The molecule has 1 aromatic carbocycles. The summed E-state index contributed by atoms with van der Waals surface area (Å²) in [6.07, 6.45) is 0. The molecule has 0 aliphatic rings. The van der Waals surface area contributed by atoms with Crippen molar-refractivity contribution in [2.45, 2.75) is 0 Å². The Morgan fingerprint density at radius 1 is 1.41 bits per heavy atom. The number of aromatic nitrogens is 2. The van der Waals surface area contributed by atoms with E-state index in [4.69, 9.17) is 10.6 Å². The number of nitrogens with zero attached hydrogens (tertiary/aromatic N) is 2. The van der Waals surface area contributed by atoms with E-state index in [0.29, 0.717) is 4.68 Å². The molecule has 1 heterocycles. The fourth-order valence-corrected chi connectivity index (χ4v) is 1.84. The number of para-hydroxylation sites is 1. The lowest BCUT2D eigenvalue weighted by atomic mass is 10.2. The second-order valence-electron chi connectivity index (χ2n) is 4.08. The maximum atomic E-state index is 14.1. The summed E-state index contributed by atoms with van der Waals surface area (Å²) in [5.41, 5.74) is 0.941. The van der Waals surface area contributed by atoms with Crippen molar-refractivity contribution in [3.05, 3.63) is 46.1 Å². The zero-order valence-electron chi connectivity index (χ0n) is 11.8. The summed E-state index contributed by atoms with van der Waals surface area (Å²) in [5, 5.41) is 3.82. The van der Waals surface area contributed by atoms with Gasteiger partial charge in [-0.15, -0.1) is 0 Å². The van der Waals surface area contributed by atoms with Crippen LogP contribution in [0.1, 0.15) is 10.5 Å². The molecular formula is C13H13FN4O4. The van der Waals surface area contributed by atoms with E-state index < -0.39 is 17.3 Å². The number of hydrogen-bond acceptors (Lipinski definition) is 7. The van der Waals surface area contributed by atoms with Gasteiger partial charge in [-0.2, -0.15) is 9.78 Å². The molecular weight excluding hydrogens is 295 g/mol. The molecule has 2 aromatic rings. The van der Waals surface area contributed by atoms with Crippen LogP contribution in [0.25, 0.3) is 5.69 Å². The first-order valence-corrected chi connectivity index (χ1v) is 6.05. The maximum Gasteiger partial charge on any atom is 0.360 e. The lowest BCUT2D eigenvalue weighted by molar-refractivity contribution is 0.0593. The summed E-state index contributed by atoms with van der Waals surface area (Å²) < 4.78 is 24.4. The summed E-state index contributed by atoms with van der Waals surface area (Å²) in [6, 6.07) is 5.02. The summed E-state index contributed by atoms with van der Waals surface area (Å²) in [7, 11) is 2.46. The van der Waals surface area contributed by atoms with Crippen molar-refractivity contribution in [3.8, 4) is 11.4 Å². The van der Waals surface area contributed by atoms with Gasteiger partial charge in [-0.3, -0.25) is 10.6 Å². The number of rotatable bonds is 4. The number of hydrazine groups is 1. The third kappa shape index (κ3) is 2.61. The Bertz CT molecular complexity index is 775. The van der Waals surface area contributed by atoms with Crippen molar-refractivity contribution in [1.82, 2.24) is 9.78 Å². The monoisotopic (exact) mass is 308 g/mol. The Kier molecular flexibility index (Phi) is 4.37. The van der Waals surface area contributed by atoms with Crippen LogP contribution < -0.4 is 21.6 Å². The van der Waals surface area contributed by atoms with Gasteiger partial charge in [-0.25, -0.2) is 9.18 Å². The SMILES string of the molecule is COC(=O)c1nn(-c2c(F)cccc2OC)c(=O)cc1NN. The molecule has 0 fully saturated rings. The first kappa shape index (κ1) is 15.4. The zero-order chi connectivity index (χ0) is 16.3. The number of nitrogens with two attached hydrogens (primary N) is 1. The molecule has 0 aliphatic carbocycles. The third-order valence-corrected chi connectivity index (χ3v) is 2.85. The standard InChI is InChI=1S/C13H13FN4O4/c1-21-9-5-3-4-7(14)12(9)18-10(19)6-8(16-15)11(17-18)13(20)22-2/h3-6,16H,15H2,1-2H3. The predicted molar refractivity (Wildman–Crippen MR) is 75.5 cm³/mol. The van der Waals surface area contributed by atoms with Gasteiger partial charge in [0.1, 0.15) is 11.4 Å². The van der Waals surface area contributed by atoms with Crippen LogP contribution in [0.4, 0.5) is 10.1 Å². The number of esters is 1. The van der Waals surface area contributed by atoms with Gasteiger partial charge in [0, 0.05) is 6.07 Å². The van der Waals surface area contributed by atoms with Crippen LogP contribution in [0.5, 0.6) is 5.75 Å². The number of benzene rings is 1. The average Bonchev–Trinajstić information content (AvgIpc) is 2.53. The number of carbonyl (C=O) groups is 1. The van der Waals surface area contributed by atoms with E-state index >= 15 is 0 Å². The number of nitrogen functional groups attached to an aromatic ring is 1. The largest absolute Gasteiger partial charge is 0.494 e. The maximum absolute atomic E-state index is 14.1. The molecule has 1 aromatic heterocycles. The fourth-order valence-electron chi connectivity index (χ4n) is 1.84. The molecule has 0 spiro atoms. The van der Waals surface area contributed by atoms with Gasteiger partial charge in [0.2, 0.25) is 0 Å². The minimum atomic E-state index is -0.836. The molecule has 22 heavy (non-hydrogen) atoms. The van der Waals surface area contributed by atoms with E-state index in [-0.39, 0.29) is 22.8 Å². The van der Waals surface area contributed by atoms with Crippen molar-refractivity contribution in [2.75, 3.05) is 19.6 Å². The van der Waals surface area contributed by atoms with Gasteiger partial charge in [0.05, 0.1) is 19.9 Å². The summed E-state index contributed by atoms with van der Waals surface area (Å²) in [6.45, 7) is 0. The minimum absolute atomic E-state index is 0.0385. The van der Waals surface area contributed by atoms with Crippen LogP contribution in [0.3, 0.4) is 0 Å². The molecule has 0 unspecified atom stereocenters. The number of halogens is 1. The van der Waals surface area contributed by atoms with Crippen molar-refractivity contribution >= 4 is 11.7 Å². The number of hydrogen-bond donors (Lipinski definition) is 2. The van der Waals surface area contributed by atoms with Gasteiger partial charge in [-0.1, -0.05) is 6.07 Å². The molecule has 0 aliphatic heterocycles. The van der Waals surface area contributed by atoms with Gasteiger partial charge in [-0.05, 0) is 12.1 Å². The van der Waals surface area contributed by atoms with Crippen LogP contribution in [0.15, 0.2) is 29.1 Å². The molecule has 0 amide bonds. The topological polar surface area (TPSA) is 108 Å². The fraction of sp³-hybridized carbons (Fsp3) is 0.154. The quantitative estimate of drug-likeness (QED) is 0.479. The van der Waals surface area contributed by atoms with E-state index in [1.807, 2.05) is 0 Å². The number of ether oxygens (including phenoxy) is 2. The highest BCUT2D eigenvalue weighted by molar-refractivity contribution is 5.93. The van der Waals surface area contributed by atoms with Crippen molar-refractivity contribution < 1.29 is 18.7 Å². The first-order chi connectivity index (χ1) is 10.5. The van der Waals surface area contributed by atoms with Crippen LogP contribution in [-0.4, -0.2) is 30.0 Å². The van der Waals surface area contributed by atoms with Crippen LogP contribution in [0, 0.1) is 5.82 Å². The van der Waals surface area contributed by atoms with Gasteiger partial charge in [0.25, 0.3) is 5.56 Å². The van der Waals surface area contributed by atoms with E-state index in [2.05, 4.69) is 15.3 Å². The molecule has 0 atom stereocenters. The van der Waals surface area contributed by atoms with Crippen LogP contribution in [-0.2, 0) is 4.74 Å². The molecule has 2 rings (SSSR count). The second-order valence-corrected chi connectivity index (χ2v) is 4.08. The number of carbonyl (C=O) groups excluding carboxylic acids is 1. The minimum Gasteiger partial charge on any atom is -0.494 e. The van der Waals surface area contributed by atoms with Crippen molar-refractivity contribution in [3.63, 3.8) is 0 Å². The molecule has 8 nitrogen and oxygen atoms in total. The smallest absolute Gasteiger partial charge is 0.360 e. The summed E-state index contributed by atoms with van der Waals surface area (Å²) >= 11 is 0. The van der Waals surface area contributed by atoms with E-state index in [9.17, 15) is 14.0 Å². The summed E-state index contributed by atoms with van der Waals surface area (Å²) in [5.74, 6) is 3.75. The lowest BCUT2D eigenvalue weighted by Gasteiger charge is -2.13. The van der Waals surface area contributed by atoms with Crippen molar-refractivity contribution in [1.29, 1.82) is 0 Å². The Labute approximate surface area is 124 Å². The highest BCUT2D eigenvalue weighted by Crippen LogP contribution is 2.24. The third-order valence-electron chi connectivity index (χ3n) is 2.85. The molecule has 3 N–H and O–H groups in total. The Balaban J connectivity index is 2.77. The Hall–Kier alpha value is -2.94. The zero-order valence-corrected chi connectivity index (χ0v) is 11.8. The van der Waals surface area contributed by atoms with E-state index in [1.54, 1.807) is 0 Å². The van der Waals surface area contributed by atoms with Gasteiger partial charge in [0.15, 0.2) is 11.5 Å². The second kappa shape index (κ2) is 6.22. The molecule has 116 valence electrons. The molecule has 0 radical (unpaired) electrons. The molecule has 0 saturated heterocycles. The van der Waals surface area contributed by atoms with Gasteiger partial charge >= 0.3 is 5.97 Å². The van der Waals surface area contributed by atoms with Gasteiger partial charge < -0.3 is 14.9 Å². The number of methoxy groups -OCH3 is 2. The first-order valence-electron chi connectivity index (χ1n) is 6.05. The highest BCUT2D eigenvalue weighted by Gasteiger charge is 2.20. The van der Waals surface area contributed by atoms with E-state index in [0.717, 1.165) is 19.2 Å². The summed E-state index contributed by atoms with van der Waals surface area (Å²) in [4.78, 5) is 23.8. The van der Waals surface area contributed by atoms with E-state index in [1.165, 1.54) is 19.2 Å². The van der Waals surface area contributed by atoms with Crippen molar-refractivity contribution in [2.24, 2.45) is 5.84 Å². The number of nitrogens with one attached hydrogen (secondary N) is 1. The molecule has 0 bridgehead atoms. The number of anilines is 1. The normalized spacial score (nSPS) is 10.2. The Morgan fingerprint density at radius 3 is 2.73 bits per heavy atom.